The highest BCUT2D eigenvalue weighted by Crippen LogP contribution is 2.38. The van der Waals surface area contributed by atoms with Crippen LogP contribution in [0.3, 0.4) is 0 Å². The Balaban J connectivity index is 2.08. The second-order valence-electron chi connectivity index (χ2n) is 9.11. The van der Waals surface area contributed by atoms with Crippen molar-refractivity contribution in [1.29, 1.82) is 0 Å². The van der Waals surface area contributed by atoms with E-state index < -0.39 is 17.7 Å². The van der Waals surface area contributed by atoms with E-state index in [1.54, 1.807) is 33.0 Å². The first-order valence-electron chi connectivity index (χ1n) is 9.65. The molecule has 8 heteroatoms. The third kappa shape index (κ3) is 4.97. The van der Waals surface area contributed by atoms with Crippen LogP contribution in [0.2, 0.25) is 6.32 Å². The SMILES string of the molecule is COC(=O)c1c(CCCB2OC(C)(C)C(C)(C)O2)ccn1C(=O)OC(C)(C)C. The Bertz CT molecular complexity index is 716. The van der Waals surface area contributed by atoms with E-state index >= 15 is 0 Å². The molecule has 7 nitrogen and oxygen atoms in total. The molecule has 1 saturated heterocycles. The summed E-state index contributed by atoms with van der Waals surface area (Å²) in [5.41, 5.74) is -0.463. The van der Waals surface area contributed by atoms with Crippen LogP contribution in [-0.4, -0.2) is 47.7 Å². The van der Waals surface area contributed by atoms with Crippen molar-refractivity contribution in [2.24, 2.45) is 0 Å². The van der Waals surface area contributed by atoms with Crippen molar-refractivity contribution in [2.75, 3.05) is 7.11 Å². The first-order chi connectivity index (χ1) is 12.8. The van der Waals surface area contributed by atoms with Crippen LogP contribution in [0.15, 0.2) is 12.3 Å². The van der Waals surface area contributed by atoms with Gasteiger partial charge in [0.1, 0.15) is 11.3 Å². The Kier molecular flexibility index (Phi) is 6.36. The first-order valence-corrected chi connectivity index (χ1v) is 9.65. The van der Waals surface area contributed by atoms with Crippen molar-refractivity contribution in [1.82, 2.24) is 4.57 Å². The summed E-state index contributed by atoms with van der Waals surface area (Å²) in [7, 11) is 1.00. The summed E-state index contributed by atoms with van der Waals surface area (Å²) in [6.07, 6.45) is 2.95. The summed E-state index contributed by atoms with van der Waals surface area (Å²) in [4.78, 5) is 24.7. The number of carbonyl (C=O) groups is 2. The predicted molar refractivity (Wildman–Crippen MR) is 107 cm³/mol. The highest BCUT2D eigenvalue weighted by atomic mass is 16.7. The van der Waals surface area contributed by atoms with Gasteiger partial charge in [-0.3, -0.25) is 0 Å². The molecule has 1 aromatic rings. The van der Waals surface area contributed by atoms with Gasteiger partial charge in [0.2, 0.25) is 0 Å². The van der Waals surface area contributed by atoms with E-state index in [1.807, 2.05) is 27.7 Å². The van der Waals surface area contributed by atoms with Crippen molar-refractivity contribution in [2.45, 2.75) is 84.4 Å². The molecule has 156 valence electrons. The number of carbonyl (C=O) groups excluding carboxylic acids is 2. The van der Waals surface area contributed by atoms with Crippen molar-refractivity contribution in [3.63, 3.8) is 0 Å². The zero-order chi connectivity index (χ0) is 21.3. The Morgan fingerprint density at radius 1 is 1.14 bits per heavy atom. The highest BCUT2D eigenvalue weighted by molar-refractivity contribution is 6.45. The van der Waals surface area contributed by atoms with E-state index in [0.717, 1.165) is 12.0 Å². The van der Waals surface area contributed by atoms with E-state index in [2.05, 4.69) is 0 Å². The quantitative estimate of drug-likeness (QED) is 0.554. The maximum absolute atomic E-state index is 12.4. The van der Waals surface area contributed by atoms with Crippen molar-refractivity contribution < 1.29 is 28.4 Å². The fourth-order valence-corrected chi connectivity index (χ4v) is 3.01. The molecule has 0 bridgehead atoms. The molecule has 2 rings (SSSR count). The Morgan fingerprint density at radius 2 is 1.71 bits per heavy atom. The summed E-state index contributed by atoms with van der Waals surface area (Å²) >= 11 is 0. The van der Waals surface area contributed by atoms with E-state index in [-0.39, 0.29) is 24.0 Å². The Hall–Kier alpha value is -1.80. The molecule has 1 aromatic heterocycles. The van der Waals surface area contributed by atoms with Crippen LogP contribution < -0.4 is 0 Å². The topological polar surface area (TPSA) is 76.0 Å². The predicted octanol–water partition coefficient (Wildman–Crippen LogP) is 4.08. The number of hydrogen-bond donors (Lipinski definition) is 0. The lowest BCUT2D eigenvalue weighted by atomic mass is 9.82. The molecule has 0 N–H and O–H groups in total. The van der Waals surface area contributed by atoms with Gasteiger partial charge in [0.05, 0.1) is 18.3 Å². The number of nitrogens with zero attached hydrogens (tertiary/aromatic N) is 1. The number of aromatic nitrogens is 1. The summed E-state index contributed by atoms with van der Waals surface area (Å²) < 4.78 is 23.5. The zero-order valence-electron chi connectivity index (χ0n) is 18.3. The van der Waals surface area contributed by atoms with Gasteiger partial charge in [-0.05, 0) is 72.8 Å². The summed E-state index contributed by atoms with van der Waals surface area (Å²) in [5.74, 6) is -0.568. The van der Waals surface area contributed by atoms with Gasteiger partial charge < -0.3 is 18.8 Å². The maximum Gasteiger partial charge on any atom is 0.457 e. The van der Waals surface area contributed by atoms with Gasteiger partial charge in [-0.15, -0.1) is 0 Å². The van der Waals surface area contributed by atoms with E-state index in [0.29, 0.717) is 12.7 Å². The van der Waals surface area contributed by atoms with Crippen LogP contribution in [0.5, 0.6) is 0 Å². The molecular weight excluding hydrogens is 361 g/mol. The molecule has 1 fully saturated rings. The Morgan fingerprint density at radius 3 is 2.21 bits per heavy atom. The number of hydrogen-bond acceptors (Lipinski definition) is 6. The van der Waals surface area contributed by atoms with Gasteiger partial charge in [0.25, 0.3) is 0 Å². The lowest BCUT2D eigenvalue weighted by Crippen LogP contribution is -2.41. The van der Waals surface area contributed by atoms with Crippen LogP contribution in [0.1, 0.15) is 70.9 Å². The molecular formula is C20H32BNO6. The average Bonchev–Trinajstić information content (AvgIpc) is 3.03. The van der Waals surface area contributed by atoms with Gasteiger partial charge in [-0.1, -0.05) is 6.42 Å². The van der Waals surface area contributed by atoms with Crippen LogP contribution in [0, 0.1) is 0 Å². The maximum atomic E-state index is 12.4. The van der Waals surface area contributed by atoms with E-state index in [4.69, 9.17) is 18.8 Å². The van der Waals surface area contributed by atoms with Crippen molar-refractivity contribution in [3.05, 3.63) is 23.5 Å². The average molecular weight is 393 g/mol. The molecule has 0 unspecified atom stereocenters. The highest BCUT2D eigenvalue weighted by Gasteiger charge is 2.50. The fourth-order valence-electron chi connectivity index (χ4n) is 3.01. The number of rotatable bonds is 5. The lowest BCUT2D eigenvalue weighted by Gasteiger charge is -2.32. The molecule has 2 heterocycles. The molecule has 0 spiro atoms. The third-order valence-corrected chi connectivity index (χ3v) is 5.13. The molecule has 28 heavy (non-hydrogen) atoms. The molecule has 1 aliphatic heterocycles. The molecule has 0 radical (unpaired) electrons. The van der Waals surface area contributed by atoms with Gasteiger partial charge in [-0.2, -0.15) is 0 Å². The molecule has 0 atom stereocenters. The molecule has 0 amide bonds. The number of ether oxygens (including phenoxy) is 2. The molecule has 0 aromatic carbocycles. The van der Waals surface area contributed by atoms with Crippen LogP contribution >= 0.6 is 0 Å². The number of esters is 1. The molecule has 1 aliphatic rings. The van der Waals surface area contributed by atoms with Crippen LogP contribution in [0.4, 0.5) is 4.79 Å². The smallest absolute Gasteiger partial charge is 0.457 e. The van der Waals surface area contributed by atoms with E-state index in [1.165, 1.54) is 11.7 Å². The fraction of sp³-hybridized carbons (Fsp3) is 0.700. The summed E-state index contributed by atoms with van der Waals surface area (Å²) in [6.45, 7) is 13.4. The third-order valence-electron chi connectivity index (χ3n) is 5.13. The van der Waals surface area contributed by atoms with Gasteiger partial charge in [-0.25, -0.2) is 14.2 Å². The minimum atomic E-state index is -0.661. The zero-order valence-corrected chi connectivity index (χ0v) is 18.3. The van der Waals surface area contributed by atoms with Gasteiger partial charge in [0, 0.05) is 6.20 Å². The molecule has 0 saturated carbocycles. The van der Waals surface area contributed by atoms with Crippen molar-refractivity contribution >= 4 is 19.2 Å². The van der Waals surface area contributed by atoms with Crippen LogP contribution in [0.25, 0.3) is 0 Å². The normalized spacial score (nSPS) is 18.2. The monoisotopic (exact) mass is 393 g/mol. The van der Waals surface area contributed by atoms with E-state index in [9.17, 15) is 9.59 Å². The summed E-state index contributed by atoms with van der Waals surface area (Å²) in [5, 5.41) is 0. The minimum absolute atomic E-state index is 0.200. The second-order valence-corrected chi connectivity index (χ2v) is 9.11. The molecule has 0 aliphatic carbocycles. The largest absolute Gasteiger partial charge is 0.464 e. The Labute approximate surface area is 167 Å². The lowest BCUT2D eigenvalue weighted by molar-refractivity contribution is 0.00578. The minimum Gasteiger partial charge on any atom is -0.464 e. The van der Waals surface area contributed by atoms with Crippen molar-refractivity contribution in [3.8, 4) is 0 Å². The standard InChI is InChI=1S/C20H32BNO6/c1-18(2,3)26-17(24)22-13-11-14(15(22)16(23)25-8)10-9-12-21-27-19(4,5)20(6,7)28-21/h11,13H,9-10,12H2,1-8H3. The van der Waals surface area contributed by atoms with Gasteiger partial charge in [0.15, 0.2) is 0 Å². The van der Waals surface area contributed by atoms with Gasteiger partial charge >= 0.3 is 19.2 Å². The number of aryl methyl sites for hydroxylation is 1. The number of methoxy groups -OCH3 is 1. The first kappa shape index (κ1) is 22.5. The second kappa shape index (κ2) is 7.91. The van der Waals surface area contributed by atoms with Crippen LogP contribution in [-0.2, 0) is 25.2 Å². The summed E-state index contributed by atoms with van der Waals surface area (Å²) in [6, 6.07) is 1.75.